The zero-order valence-electron chi connectivity index (χ0n) is 65.5. The van der Waals surface area contributed by atoms with Crippen LogP contribution in [0.5, 0.6) is 0 Å². The van der Waals surface area contributed by atoms with Crippen LogP contribution in [0.1, 0.15) is 220 Å². The summed E-state index contributed by atoms with van der Waals surface area (Å²) in [6.45, 7) is 67.2. The molecular weight excluding hydrogens is 1250 g/mol. The normalized spacial score (nSPS) is 7.53. The lowest BCUT2D eigenvalue weighted by molar-refractivity contribution is 0.397. The van der Waals surface area contributed by atoms with Crippen molar-refractivity contribution in [2.24, 2.45) is 7.05 Å². The molecule has 0 unspecified atom stereocenters. The van der Waals surface area contributed by atoms with Crippen LogP contribution in [0.25, 0.3) is 0 Å². The Morgan fingerprint density at radius 3 is 1.16 bits per heavy atom. The molecule has 24 heteroatoms. The maximum absolute atomic E-state index is 4.86. The molecule has 12 rings (SSSR count). The number of hydrogen-bond acceptors (Lipinski definition) is 19. The summed E-state index contributed by atoms with van der Waals surface area (Å²) < 4.78 is 32.1. The molecule has 0 atom stereocenters. The number of aryl methyl sites for hydroxylation is 13. The SMILES string of the molecule is CC.CC.CC.CC.CC.CC.CC.CC.CC.CC.CC.Cc1ccn[nH]1.Cc1ccn[nH]1.Cc1ccno1.Cc1ccns1.Cc1ccoc1.Cc1ccon1.Cc1ccsn1.Cc1cn[nH]c1.Cc1cnc[nH]1.Cc1cnsc1.Cc1nnc(C)o1.Cn1cccn1. The van der Waals surface area contributed by atoms with Gasteiger partial charge in [-0.15, -0.1) is 10.2 Å². The number of nitrogens with one attached hydrogen (secondary N) is 4. The number of imidazole rings is 1. The van der Waals surface area contributed by atoms with Crippen LogP contribution in [0.15, 0.2) is 164 Å². The highest BCUT2D eigenvalue weighted by Gasteiger charge is 1.90. The second-order valence-electron chi connectivity index (χ2n) is 14.5. The lowest BCUT2D eigenvalue weighted by Gasteiger charge is -1.77. The minimum absolute atomic E-state index is 0.623. The molecule has 4 N–H and O–H groups in total. The molecule has 95 heavy (non-hydrogen) atoms. The molecule has 0 aliphatic carbocycles. The van der Waals surface area contributed by atoms with Gasteiger partial charge in [-0.3, -0.25) is 20.0 Å². The minimum atomic E-state index is 0.623. The van der Waals surface area contributed by atoms with Crippen LogP contribution >= 0.6 is 34.6 Å². The van der Waals surface area contributed by atoms with E-state index >= 15 is 0 Å². The molecule has 0 spiro atoms. The standard InChI is InChI=1S/C5H6O.C4H6N2O.5C4H6N2.2C4H5NO.3C4H5NS.11C2H6/c1-5-2-3-6-4-5;1-3-5-6-4(2)7-3;1-4-2-5-3-6-4;1-4-2-5-6-3-4;1-6-4-2-3-5-6;2*1-4-2-3-5-6-4;1-4-2-3-6-5-4;1-4-2-3-5-6-4;1-4-2-5-6-3-4;1-4-2-3-6-5-4;1-4-2-3-5-6-4;11*1-2/h2-4H,1H3;1-2H3;2*2-3H,1H3,(H,5,6);2-4H,1H3;2*2-3H,1H3,(H,5,6);5*2-3H,1H3;11*1-2H3. The molecule has 0 radical (unpaired) electrons. The Balaban J connectivity index is -0.0000000877. The van der Waals surface area contributed by atoms with Crippen LogP contribution in [0.4, 0.5) is 0 Å². The number of nitrogens with zero attached hydrogens (tertiary/aromatic N) is 13. The van der Waals surface area contributed by atoms with Gasteiger partial charge in [0.1, 0.15) is 12.0 Å². The summed E-state index contributed by atoms with van der Waals surface area (Å²) in [4.78, 5) is 7.93. The van der Waals surface area contributed by atoms with E-state index in [1.165, 1.54) is 56.2 Å². The number of aromatic amines is 4. The molecule has 21 nitrogen and oxygen atoms in total. The smallest absolute Gasteiger partial charge is 0.213 e. The Kier molecular flexibility index (Phi) is 119. The van der Waals surface area contributed by atoms with Gasteiger partial charge in [-0.05, 0) is 157 Å². The molecule has 0 aromatic carbocycles. The second kappa shape index (κ2) is 102. The quantitative estimate of drug-likeness (QED) is 0.110. The van der Waals surface area contributed by atoms with Gasteiger partial charge >= 0.3 is 0 Å². The second-order valence-corrected chi connectivity index (χ2v) is 16.9. The predicted molar refractivity (Wildman–Crippen MR) is 412 cm³/mol. The van der Waals surface area contributed by atoms with E-state index in [-0.39, 0.29) is 0 Å². The molecule has 0 aliphatic rings. The van der Waals surface area contributed by atoms with E-state index in [9.17, 15) is 0 Å². The maximum atomic E-state index is 4.86. The average molecular weight is 1390 g/mol. The van der Waals surface area contributed by atoms with Crippen molar-refractivity contribution in [2.45, 2.75) is 235 Å². The lowest BCUT2D eigenvalue weighted by atomic mass is 10.4. The summed E-state index contributed by atoms with van der Waals surface area (Å²) in [5.74, 6) is 2.10. The first-order chi connectivity index (χ1) is 46.1. The van der Waals surface area contributed by atoms with E-state index in [1.807, 2.05) is 294 Å². The van der Waals surface area contributed by atoms with E-state index in [4.69, 9.17) is 8.83 Å². The van der Waals surface area contributed by atoms with Crippen LogP contribution in [0.3, 0.4) is 0 Å². The lowest BCUT2D eigenvalue weighted by Crippen LogP contribution is -1.83. The van der Waals surface area contributed by atoms with Gasteiger partial charge in [0.25, 0.3) is 0 Å². The molecule has 0 aliphatic heterocycles. The number of rotatable bonds is 0. The van der Waals surface area contributed by atoms with Crippen molar-refractivity contribution in [1.29, 1.82) is 0 Å². The van der Waals surface area contributed by atoms with Gasteiger partial charge in [-0.1, -0.05) is 163 Å². The van der Waals surface area contributed by atoms with Crippen LogP contribution in [0.2, 0.25) is 0 Å². The minimum Gasteiger partial charge on any atom is -0.472 e. The Bertz CT molecular complexity index is 2170. The Morgan fingerprint density at radius 1 is 0.484 bits per heavy atom. The van der Waals surface area contributed by atoms with E-state index in [0.29, 0.717) is 11.8 Å². The fraction of sp³-hybridized carbons (Fsp3) is 0.493. The van der Waals surface area contributed by atoms with Crippen LogP contribution in [-0.2, 0) is 7.05 Å². The highest BCUT2D eigenvalue weighted by molar-refractivity contribution is 7.05. The molecular formula is C71H133N17O4S3. The molecule has 0 bridgehead atoms. The van der Waals surface area contributed by atoms with Crippen LogP contribution in [-0.4, -0.2) is 84.0 Å². The molecule has 12 aromatic rings. The third-order valence-electron chi connectivity index (χ3n) is 7.30. The zero-order valence-corrected chi connectivity index (χ0v) is 68.0. The topological polar surface area (TPSA) is 275 Å². The summed E-state index contributed by atoms with van der Waals surface area (Å²) >= 11 is 4.51. The van der Waals surface area contributed by atoms with Crippen molar-refractivity contribution in [3.05, 3.63) is 214 Å². The van der Waals surface area contributed by atoms with Gasteiger partial charge < -0.3 is 22.9 Å². The monoisotopic (exact) mass is 1380 g/mol. The summed E-state index contributed by atoms with van der Waals surface area (Å²) in [6, 6.07) is 15.2. The number of aromatic nitrogens is 17. The number of furan rings is 1. The molecule has 12 heterocycles. The Labute approximate surface area is 589 Å². The molecule has 12 aromatic heterocycles. The predicted octanol–water partition coefficient (Wildman–Crippen LogP) is 23.2. The molecule has 0 saturated heterocycles. The van der Waals surface area contributed by atoms with Gasteiger partial charge in [0.2, 0.25) is 11.8 Å². The largest absolute Gasteiger partial charge is 0.472 e. The fourth-order valence-electron chi connectivity index (χ4n) is 3.73. The van der Waals surface area contributed by atoms with Gasteiger partial charge in [0.05, 0.1) is 42.6 Å². The summed E-state index contributed by atoms with van der Waals surface area (Å²) in [6.07, 6.45) is 24.4. The van der Waals surface area contributed by atoms with Crippen molar-refractivity contribution in [3.8, 4) is 0 Å². The van der Waals surface area contributed by atoms with E-state index in [1.54, 1.807) is 99.2 Å². The number of hydrogen-bond donors (Lipinski definition) is 4. The first-order valence-corrected chi connectivity index (χ1v) is 35.4. The summed E-state index contributed by atoms with van der Waals surface area (Å²) in [5.41, 5.74) is 8.96. The average Bonchev–Trinajstić information content (AvgIpc) is 4.42. The summed E-state index contributed by atoms with van der Waals surface area (Å²) in [7, 11) is 1.89. The van der Waals surface area contributed by atoms with Crippen molar-refractivity contribution >= 4 is 34.6 Å². The van der Waals surface area contributed by atoms with Gasteiger partial charge in [-0.25, -0.2) is 13.7 Å². The Morgan fingerprint density at radius 2 is 1.04 bits per heavy atom. The summed E-state index contributed by atoms with van der Waals surface area (Å²) in [5, 5.41) is 41.3. The molecule has 0 saturated carbocycles. The van der Waals surface area contributed by atoms with Crippen molar-refractivity contribution < 1.29 is 17.9 Å². The van der Waals surface area contributed by atoms with Crippen molar-refractivity contribution in [1.82, 2.24) is 84.0 Å². The first kappa shape index (κ1) is 111. The van der Waals surface area contributed by atoms with E-state index in [2.05, 4.69) is 88.3 Å². The zero-order chi connectivity index (χ0) is 75.7. The third-order valence-corrected chi connectivity index (χ3v) is 9.31. The first-order valence-electron chi connectivity index (χ1n) is 33.0. The molecule has 0 fully saturated rings. The van der Waals surface area contributed by atoms with Crippen LogP contribution in [0, 0.1) is 83.1 Å². The number of H-pyrrole nitrogens is 4. The van der Waals surface area contributed by atoms with E-state index < -0.39 is 0 Å². The molecule has 544 valence electrons. The van der Waals surface area contributed by atoms with Gasteiger partial charge in [0, 0.05) is 115 Å². The van der Waals surface area contributed by atoms with Crippen molar-refractivity contribution in [2.75, 3.05) is 0 Å². The van der Waals surface area contributed by atoms with Gasteiger partial charge in [0.15, 0.2) is 0 Å². The van der Waals surface area contributed by atoms with Crippen molar-refractivity contribution in [3.63, 3.8) is 0 Å². The third kappa shape index (κ3) is 99.5. The fourth-order valence-corrected chi connectivity index (χ4v) is 5.20. The molecule has 0 amide bonds. The van der Waals surface area contributed by atoms with Gasteiger partial charge in [-0.2, -0.15) is 24.8 Å². The highest BCUT2D eigenvalue weighted by atomic mass is 32.1. The maximum Gasteiger partial charge on any atom is 0.213 e. The highest BCUT2D eigenvalue weighted by Crippen LogP contribution is 1.99. The Hall–Kier alpha value is -8.22. The van der Waals surface area contributed by atoms with E-state index in [0.717, 1.165) is 34.2 Å². The van der Waals surface area contributed by atoms with Crippen LogP contribution < -0.4 is 0 Å².